The van der Waals surface area contributed by atoms with Gasteiger partial charge in [0.05, 0.1) is 12.2 Å². The van der Waals surface area contributed by atoms with Crippen molar-refractivity contribution in [2.24, 2.45) is 22.7 Å². The molecule has 3 N–H and O–H groups in total. The molecule has 6 atom stereocenters. The molecule has 0 aromatic carbocycles. The highest BCUT2D eigenvalue weighted by molar-refractivity contribution is 5.89. The molecule has 10 nitrogen and oxygen atoms in total. The topological polar surface area (TPSA) is 145 Å². The third-order valence-corrected chi connectivity index (χ3v) is 7.07. The van der Waals surface area contributed by atoms with Gasteiger partial charge in [-0.3, -0.25) is 9.59 Å². The highest BCUT2D eigenvalue weighted by Crippen LogP contribution is 2.38. The van der Waals surface area contributed by atoms with E-state index in [9.17, 15) is 34.5 Å². The molecule has 0 aliphatic carbocycles. The van der Waals surface area contributed by atoms with Crippen molar-refractivity contribution in [2.45, 2.75) is 78.7 Å². The van der Waals surface area contributed by atoms with Gasteiger partial charge in [-0.25, -0.2) is 9.59 Å². The number of hydrogen-bond donors (Lipinski definition) is 3. The van der Waals surface area contributed by atoms with Crippen LogP contribution in [0.5, 0.6) is 0 Å². The summed E-state index contributed by atoms with van der Waals surface area (Å²) in [5.41, 5.74) is -1.75. The van der Waals surface area contributed by atoms with Crippen molar-refractivity contribution in [3.05, 3.63) is 0 Å². The lowest BCUT2D eigenvalue weighted by Crippen LogP contribution is -2.49. The van der Waals surface area contributed by atoms with Crippen LogP contribution in [-0.4, -0.2) is 93.4 Å². The molecule has 0 spiro atoms. The lowest BCUT2D eigenvalue weighted by atomic mass is 9.80. The van der Waals surface area contributed by atoms with Crippen molar-refractivity contribution in [3.63, 3.8) is 0 Å². The number of carboxylic acid groups (broad SMARTS) is 2. The third kappa shape index (κ3) is 5.32. The second kappa shape index (κ2) is 9.58. The van der Waals surface area contributed by atoms with Gasteiger partial charge in [0.15, 0.2) is 0 Å². The smallest absolute Gasteiger partial charge is 0.326 e. The number of ether oxygens (including phenoxy) is 1. The zero-order valence-electron chi connectivity index (χ0n) is 20.6. The maximum Gasteiger partial charge on any atom is 0.326 e. The number of aliphatic hydroxyl groups is 1. The first kappa shape index (κ1) is 27.0. The van der Waals surface area contributed by atoms with Gasteiger partial charge in [-0.05, 0) is 12.8 Å². The summed E-state index contributed by atoms with van der Waals surface area (Å²) in [6, 6.07) is -2.19. The average Bonchev–Trinajstić information content (AvgIpc) is 3.21. The summed E-state index contributed by atoms with van der Waals surface area (Å²) in [5.74, 6) is -4.09. The molecule has 0 radical (unpaired) electrons. The molecular weight excluding hydrogens is 432 g/mol. The summed E-state index contributed by atoms with van der Waals surface area (Å²) in [4.78, 5) is 52.6. The maximum absolute atomic E-state index is 13.3. The lowest BCUT2D eigenvalue weighted by molar-refractivity contribution is -0.154. The van der Waals surface area contributed by atoms with Crippen LogP contribution >= 0.6 is 0 Å². The Bertz CT molecular complexity index is 790. The van der Waals surface area contributed by atoms with Gasteiger partial charge >= 0.3 is 11.9 Å². The highest BCUT2D eigenvalue weighted by atomic mass is 16.5. The van der Waals surface area contributed by atoms with Crippen molar-refractivity contribution in [3.8, 4) is 0 Å². The number of carbonyl (C=O) groups is 4. The highest BCUT2D eigenvalue weighted by Gasteiger charge is 2.52. The molecule has 2 saturated heterocycles. The normalized spacial score (nSPS) is 30.5. The predicted molar refractivity (Wildman–Crippen MR) is 118 cm³/mol. The maximum atomic E-state index is 13.3. The second-order valence-corrected chi connectivity index (χ2v) is 11.0. The van der Waals surface area contributed by atoms with Crippen LogP contribution in [0.4, 0.5) is 0 Å². The Hall–Kier alpha value is -2.20. The molecule has 2 amide bonds. The van der Waals surface area contributed by atoms with E-state index in [4.69, 9.17) is 4.74 Å². The van der Waals surface area contributed by atoms with Crippen LogP contribution in [0.25, 0.3) is 0 Å². The van der Waals surface area contributed by atoms with E-state index in [1.54, 1.807) is 41.5 Å². The van der Waals surface area contributed by atoms with Crippen LogP contribution in [0.2, 0.25) is 0 Å². The fourth-order valence-corrected chi connectivity index (χ4v) is 4.99. The summed E-state index contributed by atoms with van der Waals surface area (Å²) in [7, 11) is 1.47. The average molecular weight is 471 g/mol. The van der Waals surface area contributed by atoms with Gasteiger partial charge in [0.2, 0.25) is 11.8 Å². The van der Waals surface area contributed by atoms with E-state index in [2.05, 4.69) is 0 Å². The van der Waals surface area contributed by atoms with Crippen molar-refractivity contribution < 1.29 is 39.2 Å². The van der Waals surface area contributed by atoms with E-state index in [0.717, 1.165) is 0 Å². The van der Waals surface area contributed by atoms with E-state index < -0.39 is 64.8 Å². The molecular formula is C23H38N2O8. The van der Waals surface area contributed by atoms with Crippen molar-refractivity contribution in [2.75, 3.05) is 20.2 Å². The van der Waals surface area contributed by atoms with E-state index >= 15 is 0 Å². The van der Waals surface area contributed by atoms with Crippen LogP contribution in [0.3, 0.4) is 0 Å². The summed E-state index contributed by atoms with van der Waals surface area (Å²) >= 11 is 0. The molecule has 10 heteroatoms. The van der Waals surface area contributed by atoms with Gasteiger partial charge in [-0.1, -0.05) is 41.5 Å². The standard InChI is InChI=1S/C23H38N2O8/c1-12-14(26)10-24(16(12)18(27)28)21(32)23(5,6)9-8-13-15(33-7)11-25(17(13)19(29)30)20(31)22(2,3)4/h12-17,26H,8-11H2,1-7H3,(H,27,28)(H,29,30)/t12?,13-,14+,15+,16-,17-/m0/s1. The van der Waals surface area contributed by atoms with Gasteiger partial charge in [0.25, 0.3) is 0 Å². The molecule has 2 aliphatic rings. The molecule has 0 saturated carbocycles. The summed E-state index contributed by atoms with van der Waals surface area (Å²) in [6.07, 6.45) is -0.854. The Morgan fingerprint density at radius 1 is 0.909 bits per heavy atom. The molecule has 188 valence electrons. The Balaban J connectivity index is 2.22. The van der Waals surface area contributed by atoms with E-state index in [-0.39, 0.29) is 25.4 Å². The molecule has 0 aromatic heterocycles. The fourth-order valence-electron chi connectivity index (χ4n) is 4.99. The predicted octanol–water partition coefficient (Wildman–Crippen LogP) is 1.06. The molecule has 1 unspecified atom stereocenters. The first-order valence-electron chi connectivity index (χ1n) is 11.3. The Morgan fingerprint density at radius 2 is 1.42 bits per heavy atom. The largest absolute Gasteiger partial charge is 0.480 e. The second-order valence-electron chi connectivity index (χ2n) is 11.0. The van der Waals surface area contributed by atoms with Gasteiger partial charge in [-0.15, -0.1) is 0 Å². The number of likely N-dealkylation sites (tertiary alicyclic amines) is 2. The number of carbonyl (C=O) groups excluding carboxylic acids is 2. The van der Waals surface area contributed by atoms with Crippen LogP contribution in [0.1, 0.15) is 54.4 Å². The molecule has 0 aromatic rings. The van der Waals surface area contributed by atoms with E-state index in [1.165, 1.54) is 16.9 Å². The number of amides is 2. The number of hydrogen-bond acceptors (Lipinski definition) is 6. The van der Waals surface area contributed by atoms with Crippen LogP contribution in [0.15, 0.2) is 0 Å². The van der Waals surface area contributed by atoms with Crippen molar-refractivity contribution >= 4 is 23.8 Å². The summed E-state index contributed by atoms with van der Waals surface area (Å²) in [5, 5.41) is 29.6. The first-order valence-corrected chi connectivity index (χ1v) is 11.3. The quantitative estimate of drug-likeness (QED) is 0.501. The monoisotopic (exact) mass is 470 g/mol. The fraction of sp³-hybridized carbons (Fsp3) is 0.826. The van der Waals surface area contributed by atoms with Crippen LogP contribution in [-0.2, 0) is 23.9 Å². The van der Waals surface area contributed by atoms with Gasteiger partial charge < -0.3 is 29.9 Å². The lowest BCUT2D eigenvalue weighted by Gasteiger charge is -2.34. The van der Waals surface area contributed by atoms with E-state index in [0.29, 0.717) is 6.42 Å². The minimum absolute atomic E-state index is 0.0594. The molecule has 2 aliphatic heterocycles. The number of methoxy groups -OCH3 is 1. The number of aliphatic hydroxyl groups excluding tert-OH is 1. The van der Waals surface area contributed by atoms with Crippen molar-refractivity contribution in [1.29, 1.82) is 0 Å². The third-order valence-electron chi connectivity index (χ3n) is 7.07. The number of nitrogens with zero attached hydrogens (tertiary/aromatic N) is 2. The summed E-state index contributed by atoms with van der Waals surface area (Å²) in [6.45, 7) is 10.3. The number of carboxylic acids is 2. The zero-order chi connectivity index (χ0) is 25.5. The van der Waals surface area contributed by atoms with E-state index in [1.807, 2.05) is 0 Å². The molecule has 2 fully saturated rings. The van der Waals surface area contributed by atoms with Crippen LogP contribution < -0.4 is 0 Å². The molecule has 33 heavy (non-hydrogen) atoms. The first-order chi connectivity index (χ1) is 15.0. The Morgan fingerprint density at radius 3 is 1.88 bits per heavy atom. The minimum atomic E-state index is -1.17. The number of β-amino-alcohol motifs (C(OH)–C–C–N with tert-alkyl or cyclic N) is 1. The molecule has 0 bridgehead atoms. The zero-order valence-corrected chi connectivity index (χ0v) is 20.6. The minimum Gasteiger partial charge on any atom is -0.480 e. The SMILES string of the molecule is CO[C@@H]1CN(C(=O)C(C)(C)C)[C@H](C(=O)O)[C@H]1CCC(C)(C)C(=O)N1C[C@@H](O)C(C)[C@H]1C(=O)O. The number of rotatable bonds is 7. The van der Waals surface area contributed by atoms with Gasteiger partial charge in [0, 0.05) is 42.9 Å². The van der Waals surface area contributed by atoms with Crippen molar-refractivity contribution in [1.82, 2.24) is 9.80 Å². The Labute approximate surface area is 194 Å². The number of aliphatic carboxylic acids is 2. The van der Waals surface area contributed by atoms with Gasteiger partial charge in [-0.2, -0.15) is 0 Å². The molecule has 2 rings (SSSR count). The molecule has 2 heterocycles. The summed E-state index contributed by atoms with van der Waals surface area (Å²) < 4.78 is 5.54. The van der Waals surface area contributed by atoms with Crippen LogP contribution in [0, 0.1) is 22.7 Å². The Kier molecular flexibility index (Phi) is 7.85. The van der Waals surface area contributed by atoms with Gasteiger partial charge in [0.1, 0.15) is 12.1 Å².